The van der Waals surface area contributed by atoms with E-state index in [1.165, 1.54) is 24.3 Å². The average molecular weight is 378 g/mol. The Morgan fingerprint density at radius 3 is 2.50 bits per heavy atom. The second-order valence-corrected chi connectivity index (χ2v) is 6.34. The van der Waals surface area contributed by atoms with Gasteiger partial charge in [-0.15, -0.1) is 0 Å². The summed E-state index contributed by atoms with van der Waals surface area (Å²) in [7, 11) is 0. The summed E-state index contributed by atoms with van der Waals surface area (Å²) in [5, 5.41) is 6.47. The van der Waals surface area contributed by atoms with E-state index in [1.54, 1.807) is 0 Å². The van der Waals surface area contributed by atoms with Gasteiger partial charge in [0.25, 0.3) is 5.91 Å². The molecule has 0 radical (unpaired) electrons. The van der Waals surface area contributed by atoms with Crippen LogP contribution in [0, 0.1) is 0 Å². The van der Waals surface area contributed by atoms with Crippen molar-refractivity contribution in [2.45, 2.75) is 12.8 Å². The lowest BCUT2D eigenvalue weighted by atomic mass is 10.1. The van der Waals surface area contributed by atoms with Crippen LogP contribution in [0.3, 0.4) is 0 Å². The molecule has 134 valence electrons. The second kappa shape index (κ2) is 7.65. The summed E-state index contributed by atoms with van der Waals surface area (Å²) in [4.78, 5) is 17.3. The average Bonchev–Trinajstić information content (AvgIpc) is 2.95. The normalized spacial score (nSPS) is 17.6. The maximum absolute atomic E-state index is 13.0. The van der Waals surface area contributed by atoms with Gasteiger partial charge in [-0.05, 0) is 35.0 Å². The molecule has 2 aromatic rings. The van der Waals surface area contributed by atoms with Gasteiger partial charge < -0.3 is 4.84 Å². The molecule has 0 aliphatic carbocycles. The zero-order chi connectivity index (χ0) is 18.6. The number of rotatable bonds is 4. The molecule has 0 spiro atoms. The van der Waals surface area contributed by atoms with Gasteiger partial charge in [0.1, 0.15) is 6.61 Å². The summed E-state index contributed by atoms with van der Waals surface area (Å²) in [6, 6.07) is 14.4. The molecular weight excluding hydrogens is 365 g/mol. The number of benzene rings is 2. The van der Waals surface area contributed by atoms with Crippen molar-refractivity contribution < 1.29 is 22.8 Å². The first-order chi connectivity index (χ1) is 12.4. The number of amides is 1. The molecule has 26 heavy (non-hydrogen) atoms. The van der Waals surface area contributed by atoms with Crippen LogP contribution in [0.1, 0.15) is 16.7 Å². The van der Waals surface area contributed by atoms with Crippen LogP contribution in [-0.2, 0) is 22.4 Å². The van der Waals surface area contributed by atoms with E-state index in [2.05, 4.69) is 10.5 Å². The maximum Gasteiger partial charge on any atom is 0.416 e. The van der Waals surface area contributed by atoms with Crippen LogP contribution in [0.2, 0.25) is 0 Å². The molecule has 1 aliphatic rings. The minimum Gasteiger partial charge on any atom is -0.389 e. The van der Waals surface area contributed by atoms with Crippen molar-refractivity contribution in [2.75, 3.05) is 0 Å². The Kier molecular flexibility index (Phi) is 5.32. The monoisotopic (exact) mass is 378 g/mol. The summed E-state index contributed by atoms with van der Waals surface area (Å²) in [6.07, 6.45) is -3.30. The number of amidine groups is 1. The molecule has 1 amide bonds. The number of carbonyl (C=O) groups excluding carboxylic acids is 1. The molecule has 1 N–H and O–H groups in total. The van der Waals surface area contributed by atoms with E-state index in [1.807, 2.05) is 30.3 Å². The van der Waals surface area contributed by atoms with Gasteiger partial charge in [-0.3, -0.25) is 10.1 Å². The van der Waals surface area contributed by atoms with E-state index in [0.717, 1.165) is 23.4 Å². The number of thioether (sulfide) groups is 1. The molecule has 3 rings (SSSR count). The molecule has 1 saturated heterocycles. The van der Waals surface area contributed by atoms with Crippen LogP contribution < -0.4 is 5.32 Å². The predicted molar refractivity (Wildman–Crippen MR) is 93.8 cm³/mol. The molecule has 1 aliphatic heterocycles. The molecular formula is C18H13F3N2O2S. The molecule has 1 fully saturated rings. The number of hydrogen-bond acceptors (Lipinski definition) is 4. The van der Waals surface area contributed by atoms with Gasteiger partial charge in [-0.2, -0.15) is 13.2 Å². The summed E-state index contributed by atoms with van der Waals surface area (Å²) in [5.41, 5.74) is 0.0248. The van der Waals surface area contributed by atoms with Crippen molar-refractivity contribution in [3.8, 4) is 0 Å². The Morgan fingerprint density at radius 1 is 1.08 bits per heavy atom. The fourth-order valence-corrected chi connectivity index (χ4v) is 3.00. The van der Waals surface area contributed by atoms with Crippen molar-refractivity contribution in [1.82, 2.24) is 5.32 Å². The highest BCUT2D eigenvalue weighted by molar-refractivity contribution is 8.18. The first-order valence-corrected chi connectivity index (χ1v) is 8.36. The SMILES string of the molecule is O=C1N/C(=N\OCc2ccccc2)S/C1=C/c1ccccc1C(F)(F)F. The summed E-state index contributed by atoms with van der Waals surface area (Å²) < 4.78 is 39.1. The van der Waals surface area contributed by atoms with Crippen LogP contribution in [0.5, 0.6) is 0 Å². The van der Waals surface area contributed by atoms with Crippen LogP contribution in [0.25, 0.3) is 6.08 Å². The van der Waals surface area contributed by atoms with Crippen molar-refractivity contribution >= 4 is 28.9 Å². The molecule has 0 bridgehead atoms. The first-order valence-electron chi connectivity index (χ1n) is 7.54. The van der Waals surface area contributed by atoms with Crippen LogP contribution >= 0.6 is 11.8 Å². The highest BCUT2D eigenvalue weighted by Crippen LogP contribution is 2.34. The molecule has 4 nitrogen and oxygen atoms in total. The van der Waals surface area contributed by atoms with Gasteiger partial charge in [-0.1, -0.05) is 53.7 Å². The van der Waals surface area contributed by atoms with E-state index in [9.17, 15) is 18.0 Å². The standard InChI is InChI=1S/C18H13F3N2O2S/c19-18(20,21)14-9-5-4-8-13(14)10-15-16(24)22-17(26-15)23-25-11-12-6-2-1-3-7-12/h1-10H,11H2,(H,22,23,24)/b15-10+. The Bertz CT molecular complexity index is 864. The van der Waals surface area contributed by atoms with Crippen LogP contribution in [0.4, 0.5) is 13.2 Å². The smallest absolute Gasteiger partial charge is 0.389 e. The molecule has 0 unspecified atom stereocenters. The van der Waals surface area contributed by atoms with Gasteiger partial charge in [0.2, 0.25) is 5.17 Å². The third-order valence-corrected chi connectivity index (χ3v) is 4.32. The van der Waals surface area contributed by atoms with E-state index in [4.69, 9.17) is 4.84 Å². The number of alkyl halides is 3. The number of nitrogens with one attached hydrogen (secondary N) is 1. The number of carbonyl (C=O) groups is 1. The molecule has 0 aromatic heterocycles. The van der Waals surface area contributed by atoms with E-state index < -0.39 is 17.6 Å². The minimum absolute atomic E-state index is 0.0795. The summed E-state index contributed by atoms with van der Waals surface area (Å²) >= 11 is 0.926. The lowest BCUT2D eigenvalue weighted by Gasteiger charge is -2.09. The largest absolute Gasteiger partial charge is 0.416 e. The number of hydrogen-bond donors (Lipinski definition) is 1. The van der Waals surface area contributed by atoms with Gasteiger partial charge >= 0.3 is 6.18 Å². The van der Waals surface area contributed by atoms with Crippen molar-refractivity contribution in [3.05, 3.63) is 76.2 Å². The number of nitrogens with zero attached hydrogens (tertiary/aromatic N) is 1. The zero-order valence-electron chi connectivity index (χ0n) is 13.3. The molecule has 8 heteroatoms. The van der Waals surface area contributed by atoms with Crippen LogP contribution in [0.15, 0.2) is 64.7 Å². The van der Waals surface area contributed by atoms with Crippen LogP contribution in [-0.4, -0.2) is 11.1 Å². The quantitative estimate of drug-likeness (QED) is 0.634. The fraction of sp³-hybridized carbons (Fsp3) is 0.111. The van der Waals surface area contributed by atoms with Crippen molar-refractivity contribution in [1.29, 1.82) is 0 Å². The summed E-state index contributed by atoms with van der Waals surface area (Å²) in [5.74, 6) is -0.519. The van der Waals surface area contributed by atoms with Gasteiger partial charge in [0, 0.05) is 0 Å². The number of halogens is 3. The van der Waals surface area contributed by atoms with Gasteiger partial charge in [0.15, 0.2) is 0 Å². The Labute approximate surface area is 151 Å². The predicted octanol–water partition coefficient (Wildman–Crippen LogP) is 4.40. The minimum atomic E-state index is -4.50. The lowest BCUT2D eigenvalue weighted by Crippen LogP contribution is -2.19. The van der Waals surface area contributed by atoms with Gasteiger partial charge in [0.05, 0.1) is 10.5 Å². The first kappa shape index (κ1) is 18.1. The van der Waals surface area contributed by atoms with Crippen molar-refractivity contribution in [2.24, 2.45) is 5.16 Å². The van der Waals surface area contributed by atoms with E-state index >= 15 is 0 Å². The highest BCUT2D eigenvalue weighted by Gasteiger charge is 2.33. The Morgan fingerprint density at radius 2 is 1.77 bits per heavy atom. The number of oxime groups is 1. The molecule has 0 atom stereocenters. The Hall–Kier alpha value is -2.74. The Balaban J connectivity index is 1.72. The van der Waals surface area contributed by atoms with Crippen molar-refractivity contribution in [3.63, 3.8) is 0 Å². The lowest BCUT2D eigenvalue weighted by molar-refractivity contribution is -0.137. The topological polar surface area (TPSA) is 50.7 Å². The van der Waals surface area contributed by atoms with Gasteiger partial charge in [-0.25, -0.2) is 0 Å². The zero-order valence-corrected chi connectivity index (χ0v) is 14.1. The highest BCUT2D eigenvalue weighted by atomic mass is 32.2. The molecule has 1 heterocycles. The molecule has 0 saturated carbocycles. The maximum atomic E-state index is 13.0. The van der Waals surface area contributed by atoms with E-state index in [0.29, 0.717) is 0 Å². The summed E-state index contributed by atoms with van der Waals surface area (Å²) in [6.45, 7) is 0.219. The molecule has 2 aromatic carbocycles. The fourth-order valence-electron chi connectivity index (χ4n) is 2.23. The van der Waals surface area contributed by atoms with E-state index in [-0.39, 0.29) is 22.2 Å². The third-order valence-electron chi connectivity index (χ3n) is 3.43. The second-order valence-electron chi connectivity index (χ2n) is 5.31. The third kappa shape index (κ3) is 4.45.